The van der Waals surface area contributed by atoms with Crippen molar-refractivity contribution >= 4 is 17.6 Å². The summed E-state index contributed by atoms with van der Waals surface area (Å²) in [7, 11) is 0. The van der Waals surface area contributed by atoms with Crippen LogP contribution in [0.15, 0.2) is 24.3 Å². The van der Waals surface area contributed by atoms with Gasteiger partial charge in [0.2, 0.25) is 5.91 Å². The summed E-state index contributed by atoms with van der Waals surface area (Å²) in [6, 6.07) is 7.38. The number of hydrogen-bond acceptors (Lipinski definition) is 5. The molecule has 0 bridgehead atoms. The van der Waals surface area contributed by atoms with E-state index in [-0.39, 0.29) is 25.0 Å². The Morgan fingerprint density at radius 3 is 3.05 bits per heavy atom. The third-order valence-electron chi connectivity index (χ3n) is 2.97. The maximum Gasteiger partial charge on any atom is 0.303 e. The largest absolute Gasteiger partial charge is 0.459 e. The van der Waals surface area contributed by atoms with Gasteiger partial charge < -0.3 is 10.1 Å². The Hall–Kier alpha value is -2.70. The molecule has 0 atom stereocenters. The molecule has 102 valence electrons. The van der Waals surface area contributed by atoms with E-state index in [2.05, 4.69) is 15.6 Å². The highest BCUT2D eigenvalue weighted by Gasteiger charge is 2.23. The van der Waals surface area contributed by atoms with Crippen LogP contribution in [0.4, 0.5) is 5.69 Å². The third kappa shape index (κ3) is 2.13. The molecule has 20 heavy (non-hydrogen) atoms. The maximum absolute atomic E-state index is 11.8. The summed E-state index contributed by atoms with van der Waals surface area (Å²) in [6.45, 7) is 1.45. The summed E-state index contributed by atoms with van der Waals surface area (Å²) in [5.41, 5.74) is 2.73. The first-order chi connectivity index (χ1) is 9.65. The first kappa shape index (κ1) is 12.3. The zero-order chi connectivity index (χ0) is 14.1. The molecule has 2 heterocycles. The maximum atomic E-state index is 11.8. The molecule has 1 amide bonds. The van der Waals surface area contributed by atoms with Gasteiger partial charge >= 0.3 is 5.97 Å². The molecule has 3 rings (SSSR count). The van der Waals surface area contributed by atoms with Crippen molar-refractivity contribution in [3.63, 3.8) is 0 Å². The van der Waals surface area contributed by atoms with E-state index in [9.17, 15) is 9.59 Å². The summed E-state index contributed by atoms with van der Waals surface area (Å²) in [6.07, 6.45) is 0. The molecule has 0 fully saturated rings. The smallest absolute Gasteiger partial charge is 0.303 e. The summed E-state index contributed by atoms with van der Waals surface area (Å²) in [5.74, 6) is -0.553. The molecule has 1 aliphatic heterocycles. The number of esters is 1. The Morgan fingerprint density at radius 2 is 2.25 bits per heavy atom. The van der Waals surface area contributed by atoms with Crippen molar-refractivity contribution < 1.29 is 14.3 Å². The van der Waals surface area contributed by atoms with Gasteiger partial charge in [-0.15, -0.1) is 5.10 Å². The van der Waals surface area contributed by atoms with Crippen molar-refractivity contribution in [1.82, 2.24) is 15.0 Å². The fourth-order valence-electron chi connectivity index (χ4n) is 2.15. The summed E-state index contributed by atoms with van der Waals surface area (Å²) >= 11 is 0. The van der Waals surface area contributed by atoms with E-state index in [0.29, 0.717) is 17.1 Å². The lowest BCUT2D eigenvalue weighted by Crippen LogP contribution is -2.17. The fraction of sp³-hybridized carbons (Fsp3) is 0.231. The Balaban J connectivity index is 2.10. The number of carbonyl (C=O) groups excluding carboxylic acids is 2. The first-order valence-electron chi connectivity index (χ1n) is 6.10. The molecule has 7 nitrogen and oxygen atoms in total. The second kappa shape index (κ2) is 4.76. The second-order valence-electron chi connectivity index (χ2n) is 4.42. The van der Waals surface area contributed by atoms with Crippen LogP contribution in [0.2, 0.25) is 0 Å². The normalized spacial score (nSPS) is 12.9. The molecule has 0 spiro atoms. The Bertz CT molecular complexity index is 693. The first-order valence-corrected chi connectivity index (χ1v) is 6.10. The molecule has 1 aromatic heterocycles. The molecule has 0 saturated carbocycles. The minimum atomic E-state index is -0.386. The standard InChI is InChI=1S/C13H12N4O3/c1-8(18)20-7-11-13-9-4-2-3-5-10(9)14-12(19)6-17(13)16-15-11/h2-5H,6-7H2,1H3,(H,14,19). The van der Waals surface area contributed by atoms with Crippen molar-refractivity contribution in [1.29, 1.82) is 0 Å². The highest BCUT2D eigenvalue weighted by Crippen LogP contribution is 2.32. The number of nitrogens with one attached hydrogen (secondary N) is 1. The molecule has 1 aliphatic rings. The average molecular weight is 272 g/mol. The van der Waals surface area contributed by atoms with E-state index >= 15 is 0 Å². The van der Waals surface area contributed by atoms with Gasteiger partial charge in [-0.25, -0.2) is 4.68 Å². The van der Waals surface area contributed by atoms with Gasteiger partial charge in [0, 0.05) is 12.5 Å². The number of rotatable bonds is 2. The highest BCUT2D eigenvalue weighted by atomic mass is 16.5. The van der Waals surface area contributed by atoms with E-state index in [1.165, 1.54) is 11.6 Å². The minimum Gasteiger partial charge on any atom is -0.459 e. The molecule has 0 radical (unpaired) electrons. The molecule has 0 unspecified atom stereocenters. The predicted molar refractivity (Wildman–Crippen MR) is 69.6 cm³/mol. The molecule has 1 N–H and O–H groups in total. The van der Waals surface area contributed by atoms with Crippen LogP contribution in [0.1, 0.15) is 12.6 Å². The van der Waals surface area contributed by atoms with E-state index in [1.807, 2.05) is 24.3 Å². The fourth-order valence-corrected chi connectivity index (χ4v) is 2.15. The quantitative estimate of drug-likeness (QED) is 0.823. The average Bonchev–Trinajstić information content (AvgIpc) is 2.73. The van der Waals surface area contributed by atoms with Gasteiger partial charge in [0.15, 0.2) is 0 Å². The Kier molecular flexibility index (Phi) is 2.94. The second-order valence-corrected chi connectivity index (χ2v) is 4.42. The van der Waals surface area contributed by atoms with Gasteiger partial charge in [-0.3, -0.25) is 9.59 Å². The topological polar surface area (TPSA) is 86.1 Å². The van der Waals surface area contributed by atoms with Crippen molar-refractivity contribution in [2.24, 2.45) is 0 Å². The zero-order valence-electron chi connectivity index (χ0n) is 10.8. The molecular weight excluding hydrogens is 260 g/mol. The number of amides is 1. The van der Waals surface area contributed by atoms with Gasteiger partial charge in [-0.1, -0.05) is 23.4 Å². The van der Waals surface area contributed by atoms with Crippen LogP contribution in [0, 0.1) is 0 Å². The molecule has 7 heteroatoms. The number of carbonyl (C=O) groups is 2. The van der Waals surface area contributed by atoms with E-state index in [4.69, 9.17) is 4.74 Å². The van der Waals surface area contributed by atoms with Crippen LogP contribution >= 0.6 is 0 Å². The minimum absolute atomic E-state index is 0.0349. The van der Waals surface area contributed by atoms with Crippen LogP contribution in [-0.4, -0.2) is 26.9 Å². The third-order valence-corrected chi connectivity index (χ3v) is 2.97. The SMILES string of the molecule is CC(=O)OCc1nnn2c1-c1ccccc1NC(=O)C2. The number of nitrogens with zero attached hydrogens (tertiary/aromatic N) is 3. The van der Waals surface area contributed by atoms with Gasteiger partial charge in [-0.2, -0.15) is 0 Å². The van der Waals surface area contributed by atoms with E-state index < -0.39 is 0 Å². The van der Waals surface area contributed by atoms with Gasteiger partial charge in [0.1, 0.15) is 18.8 Å². The van der Waals surface area contributed by atoms with E-state index in [0.717, 1.165) is 5.56 Å². The lowest BCUT2D eigenvalue weighted by molar-refractivity contribution is -0.142. The van der Waals surface area contributed by atoms with Crippen molar-refractivity contribution in [2.45, 2.75) is 20.1 Å². The number of aromatic nitrogens is 3. The number of fused-ring (bicyclic) bond motifs is 3. The Labute approximate surface area is 114 Å². The van der Waals surface area contributed by atoms with Crippen LogP contribution in [0.25, 0.3) is 11.3 Å². The summed E-state index contributed by atoms with van der Waals surface area (Å²) < 4.78 is 6.49. The van der Waals surface area contributed by atoms with Crippen LogP contribution in [0.5, 0.6) is 0 Å². The summed E-state index contributed by atoms with van der Waals surface area (Å²) in [5, 5.41) is 10.8. The van der Waals surface area contributed by atoms with Gasteiger partial charge in [0.25, 0.3) is 0 Å². The van der Waals surface area contributed by atoms with E-state index in [1.54, 1.807) is 0 Å². The Morgan fingerprint density at radius 1 is 1.45 bits per heavy atom. The zero-order valence-corrected chi connectivity index (χ0v) is 10.8. The molecule has 0 saturated heterocycles. The van der Waals surface area contributed by atoms with Crippen LogP contribution in [0.3, 0.4) is 0 Å². The van der Waals surface area contributed by atoms with Gasteiger partial charge in [0.05, 0.1) is 11.4 Å². The van der Waals surface area contributed by atoms with Crippen molar-refractivity contribution in [3.05, 3.63) is 30.0 Å². The molecule has 1 aromatic carbocycles. The highest BCUT2D eigenvalue weighted by molar-refractivity contribution is 5.97. The van der Waals surface area contributed by atoms with Gasteiger partial charge in [-0.05, 0) is 6.07 Å². The van der Waals surface area contributed by atoms with Crippen LogP contribution in [-0.2, 0) is 27.5 Å². The summed E-state index contributed by atoms with van der Waals surface area (Å²) in [4.78, 5) is 22.7. The lowest BCUT2D eigenvalue weighted by Gasteiger charge is -2.07. The predicted octanol–water partition coefficient (Wildman–Crippen LogP) is 0.960. The number of anilines is 1. The number of benzene rings is 1. The molecular formula is C13H12N4O3. The number of para-hydroxylation sites is 1. The molecule has 2 aromatic rings. The lowest BCUT2D eigenvalue weighted by atomic mass is 10.1. The van der Waals surface area contributed by atoms with Crippen LogP contribution < -0.4 is 5.32 Å². The van der Waals surface area contributed by atoms with Crippen molar-refractivity contribution in [2.75, 3.05) is 5.32 Å². The van der Waals surface area contributed by atoms with Crippen molar-refractivity contribution in [3.8, 4) is 11.3 Å². The number of hydrogen-bond donors (Lipinski definition) is 1. The monoisotopic (exact) mass is 272 g/mol. The molecule has 0 aliphatic carbocycles. The number of ether oxygens (including phenoxy) is 1.